The van der Waals surface area contributed by atoms with Crippen LogP contribution in [-0.2, 0) is 33.2 Å². The molecule has 1 fully saturated rings. The Bertz CT molecular complexity index is 1430. The molecule has 3 N–H and O–H groups in total. The van der Waals surface area contributed by atoms with Gasteiger partial charge in [-0.2, -0.15) is 0 Å². The first-order valence-electron chi connectivity index (χ1n) is 20.3. The van der Waals surface area contributed by atoms with E-state index < -0.39 is 18.0 Å². The van der Waals surface area contributed by atoms with Crippen LogP contribution in [0.3, 0.4) is 0 Å². The molecular weight excluding hydrogens is 753 g/mol. The number of unbranched alkanes of at least 4 members (excludes halogenated alkanes) is 2. The zero-order valence-corrected chi connectivity index (χ0v) is 37.5. The second-order valence-corrected chi connectivity index (χ2v) is 14.7. The molecule has 1 aromatic carbocycles. The standard InChI is InChI=1S/C12H17BO3.C10H18O4.C8H19N.C8H10O3.C7H10N2/c14-9-5-4-8-12-10-15-13(16-12)11-6-2-1-3-7-11;1-8(2)10(13)14-6-4-3-5-9(12)7-11;1-6-9(7(2)3)8(4)5;1-5(2)7(9)11-8(10)6(3)4;1-9(2)7-3-5-8-6-4-7/h1-3,6-7,12,14H,4-5,8-10H2;9,11-12H,1,3-7H2,2H3;7-8H,6H2,1-5H3;1,3H2,2,4H3;3-6H,1-2H3. The molecule has 3 rings (SSSR count). The number of carbonyl (C=O) groups is 3. The molecule has 59 heavy (non-hydrogen) atoms. The van der Waals surface area contributed by atoms with E-state index >= 15 is 0 Å². The Balaban J connectivity index is 0. The van der Waals surface area contributed by atoms with Crippen molar-refractivity contribution < 1.29 is 48.5 Å². The lowest BCUT2D eigenvalue weighted by Gasteiger charge is -2.28. The van der Waals surface area contributed by atoms with E-state index in [2.05, 4.69) is 69.0 Å². The summed E-state index contributed by atoms with van der Waals surface area (Å²) in [5.41, 5.74) is 3.04. The zero-order chi connectivity index (χ0) is 45.3. The largest absolute Gasteiger partial charge is 0.494 e. The number of aromatic nitrogens is 1. The summed E-state index contributed by atoms with van der Waals surface area (Å²) < 4.78 is 20.5. The molecule has 1 aliphatic rings. The van der Waals surface area contributed by atoms with Crippen LogP contribution in [-0.4, -0.2) is 122 Å². The fourth-order valence-electron chi connectivity index (χ4n) is 4.96. The van der Waals surface area contributed by atoms with Crippen molar-refractivity contribution in [1.29, 1.82) is 0 Å². The Morgan fingerprint density at radius 2 is 1.39 bits per heavy atom. The van der Waals surface area contributed by atoms with E-state index in [0.717, 1.165) is 37.7 Å². The van der Waals surface area contributed by atoms with Crippen LogP contribution in [0.25, 0.3) is 0 Å². The summed E-state index contributed by atoms with van der Waals surface area (Å²) >= 11 is 0. The van der Waals surface area contributed by atoms with E-state index in [0.29, 0.717) is 43.7 Å². The van der Waals surface area contributed by atoms with Gasteiger partial charge in [-0.25, -0.2) is 14.4 Å². The van der Waals surface area contributed by atoms with Crippen molar-refractivity contribution >= 4 is 36.2 Å². The first-order valence-corrected chi connectivity index (χ1v) is 20.3. The minimum Gasteiger partial charge on any atom is -0.462 e. The van der Waals surface area contributed by atoms with Crippen LogP contribution in [0, 0.1) is 0 Å². The normalized spacial score (nSPS) is 13.2. The number of aliphatic hydroxyl groups excluding tert-OH is 3. The maximum Gasteiger partial charge on any atom is 0.494 e. The van der Waals surface area contributed by atoms with Crippen molar-refractivity contribution in [1.82, 2.24) is 9.88 Å². The van der Waals surface area contributed by atoms with Gasteiger partial charge >= 0.3 is 25.0 Å². The highest BCUT2D eigenvalue weighted by Crippen LogP contribution is 2.14. The van der Waals surface area contributed by atoms with E-state index in [9.17, 15) is 14.4 Å². The fraction of sp³-hybridized carbons (Fsp3) is 0.556. The number of nitrogens with zero attached hydrogens (tertiary/aromatic N) is 3. The minimum atomic E-state index is -0.710. The number of aliphatic hydroxyl groups is 3. The predicted molar refractivity (Wildman–Crippen MR) is 238 cm³/mol. The first-order chi connectivity index (χ1) is 27.8. The molecule has 0 amide bonds. The predicted octanol–water partition coefficient (Wildman–Crippen LogP) is 6.07. The van der Waals surface area contributed by atoms with Gasteiger partial charge in [-0.3, -0.25) is 9.88 Å². The van der Waals surface area contributed by atoms with Gasteiger partial charge in [0.15, 0.2) is 0 Å². The summed E-state index contributed by atoms with van der Waals surface area (Å²) in [4.78, 5) is 40.6. The second-order valence-electron chi connectivity index (χ2n) is 14.7. The van der Waals surface area contributed by atoms with Crippen LogP contribution in [0.1, 0.15) is 93.9 Å². The molecule has 0 radical (unpaired) electrons. The van der Waals surface area contributed by atoms with E-state index in [-0.39, 0.29) is 43.6 Å². The van der Waals surface area contributed by atoms with Crippen molar-refractivity contribution in [3.63, 3.8) is 0 Å². The number of benzene rings is 1. The van der Waals surface area contributed by atoms with Gasteiger partial charge in [0, 0.05) is 67.6 Å². The molecule has 2 heterocycles. The number of pyridine rings is 1. The third kappa shape index (κ3) is 29.7. The van der Waals surface area contributed by atoms with Crippen molar-refractivity contribution in [3.8, 4) is 0 Å². The van der Waals surface area contributed by atoms with Gasteiger partial charge in [0.05, 0.1) is 32.0 Å². The maximum absolute atomic E-state index is 10.9. The molecule has 0 spiro atoms. The van der Waals surface area contributed by atoms with Crippen LogP contribution in [0.4, 0.5) is 5.69 Å². The number of anilines is 1. The highest BCUT2D eigenvalue weighted by atomic mass is 16.6. The highest BCUT2D eigenvalue weighted by Gasteiger charge is 2.32. The van der Waals surface area contributed by atoms with Crippen LogP contribution in [0.15, 0.2) is 91.3 Å². The van der Waals surface area contributed by atoms with Gasteiger partial charge in [-0.15, -0.1) is 0 Å². The zero-order valence-electron chi connectivity index (χ0n) is 37.5. The third-order valence-corrected chi connectivity index (χ3v) is 8.23. The average molecular weight is 828 g/mol. The summed E-state index contributed by atoms with van der Waals surface area (Å²) in [5.74, 6) is -1.80. The van der Waals surface area contributed by atoms with Crippen molar-refractivity contribution in [2.75, 3.05) is 52.0 Å². The molecule has 1 saturated heterocycles. The highest BCUT2D eigenvalue weighted by molar-refractivity contribution is 6.61. The maximum atomic E-state index is 10.9. The van der Waals surface area contributed by atoms with E-state index in [1.807, 2.05) is 61.5 Å². The van der Waals surface area contributed by atoms with Crippen LogP contribution < -0.4 is 10.4 Å². The van der Waals surface area contributed by atoms with Crippen LogP contribution in [0.5, 0.6) is 0 Å². The summed E-state index contributed by atoms with van der Waals surface area (Å²) in [5, 5.41) is 26.2. The SMILES string of the molecule is C=C(C)C(=O)OC(=O)C(=C)C.C=C(C)C(=O)OCCCCC(O)CO.CCN(C(C)C)C(C)C.CN(C)c1ccncc1.OCCCCC1COB(c2ccccc2)O1. The lowest BCUT2D eigenvalue weighted by Crippen LogP contribution is -2.36. The number of rotatable bonds is 18. The van der Waals surface area contributed by atoms with Crippen molar-refractivity contribution in [3.05, 3.63) is 91.3 Å². The molecule has 14 heteroatoms. The summed E-state index contributed by atoms with van der Waals surface area (Å²) in [7, 11) is 3.81. The fourth-order valence-corrected chi connectivity index (χ4v) is 4.96. The molecule has 1 aliphatic heterocycles. The van der Waals surface area contributed by atoms with Crippen molar-refractivity contribution in [2.45, 2.75) is 118 Å². The van der Waals surface area contributed by atoms with Gasteiger partial charge in [-0.1, -0.05) is 57.0 Å². The Labute approximate surface area is 355 Å². The first kappa shape index (κ1) is 56.9. The molecule has 332 valence electrons. The summed E-state index contributed by atoms with van der Waals surface area (Å²) in [6, 6.07) is 15.3. The van der Waals surface area contributed by atoms with E-state index in [1.165, 1.54) is 19.5 Å². The second kappa shape index (κ2) is 34.7. The Morgan fingerprint density at radius 3 is 1.80 bits per heavy atom. The molecule has 2 atom stereocenters. The molecule has 1 aromatic heterocycles. The van der Waals surface area contributed by atoms with Gasteiger partial charge in [0.25, 0.3) is 0 Å². The molecule has 0 saturated carbocycles. The van der Waals surface area contributed by atoms with E-state index in [1.54, 1.807) is 19.3 Å². The number of hydrogen-bond donors (Lipinski definition) is 3. The van der Waals surface area contributed by atoms with Crippen LogP contribution in [0.2, 0.25) is 0 Å². The molecule has 0 aliphatic carbocycles. The van der Waals surface area contributed by atoms with Gasteiger partial charge < -0.3 is 39.0 Å². The Morgan fingerprint density at radius 1 is 0.847 bits per heavy atom. The smallest absolute Gasteiger partial charge is 0.462 e. The number of hydrogen-bond acceptors (Lipinski definition) is 13. The van der Waals surface area contributed by atoms with Gasteiger partial charge in [-0.05, 0) is 111 Å². The van der Waals surface area contributed by atoms with E-state index in [4.69, 9.17) is 29.4 Å². The number of esters is 3. The minimum absolute atomic E-state index is 0.178. The quantitative estimate of drug-likeness (QED) is 0.0522. The topological polar surface area (TPSA) is 168 Å². The number of carbonyl (C=O) groups excluding carboxylic acids is 3. The van der Waals surface area contributed by atoms with Crippen molar-refractivity contribution in [2.24, 2.45) is 0 Å². The molecular formula is C45H74BN3O10. The monoisotopic (exact) mass is 828 g/mol. The number of ether oxygens (including phenoxy) is 2. The summed E-state index contributed by atoms with van der Waals surface area (Å²) in [6.07, 6.45) is 7.84. The molecule has 2 unspecified atom stereocenters. The molecule has 0 bridgehead atoms. The van der Waals surface area contributed by atoms with Gasteiger partial charge in [0.2, 0.25) is 0 Å². The summed E-state index contributed by atoms with van der Waals surface area (Å²) in [6.45, 7) is 28.0. The van der Waals surface area contributed by atoms with Crippen LogP contribution >= 0.6 is 0 Å². The molecule has 2 aromatic rings. The lowest BCUT2D eigenvalue weighted by atomic mass is 9.79. The molecule has 13 nitrogen and oxygen atoms in total. The Hall–Kier alpha value is -4.18. The average Bonchev–Trinajstić information content (AvgIpc) is 3.68. The third-order valence-electron chi connectivity index (χ3n) is 8.23. The van der Waals surface area contributed by atoms with Gasteiger partial charge in [0.1, 0.15) is 0 Å². The lowest BCUT2D eigenvalue weighted by molar-refractivity contribution is -0.154. The Kier molecular flexibility index (Phi) is 33.4.